The number of carbonyl (C=O) groups excluding carboxylic acids is 2. The molecule has 0 saturated carbocycles. The van der Waals surface area contributed by atoms with Crippen LogP contribution in [-0.4, -0.2) is 74.9 Å². The molecule has 264 valence electrons. The van der Waals surface area contributed by atoms with Crippen molar-refractivity contribution in [3.63, 3.8) is 0 Å². The molecule has 17 nitrogen and oxygen atoms in total. The molecule has 0 atom stereocenters. The molecule has 0 spiro atoms. The summed E-state index contributed by atoms with van der Waals surface area (Å²) < 4.78 is 35.0. The number of nitrogen functional groups attached to an aromatic ring is 1. The molecule has 19 heteroatoms. The van der Waals surface area contributed by atoms with Gasteiger partial charge in [0.25, 0.3) is 0 Å². The van der Waals surface area contributed by atoms with Gasteiger partial charge in [-0.2, -0.15) is 4.79 Å². The first-order chi connectivity index (χ1) is 23.8. The van der Waals surface area contributed by atoms with Gasteiger partial charge >= 0.3 is 11.9 Å². The summed E-state index contributed by atoms with van der Waals surface area (Å²) in [5.41, 5.74) is 11.3. The first kappa shape index (κ1) is 39.1. The van der Waals surface area contributed by atoms with E-state index in [1.165, 1.54) is 50.5 Å². The minimum Gasteiger partial charge on any atom is -0.490 e. The zero-order chi connectivity index (χ0) is 37.4. The standard InChI is InChI=1S/C18H18F2N2O5.C8H10N4O.C5H6N4O/c1-21-14-7-12(19)9(5-10(14)17(23)24)3-4-27-16-8-15(22-2)11(18(25)26)6-13(16)20;9-7(5-13)1-2-8(10)12-4-3-11-6-12;6-5-2-1-4(3-10)8-9(5)7/h5-8,21-22H,3-4H2,1-2H3,(H,23,24)(H,25,26);1-6H,9-10H2;1-3,6H,7H2/b;7-1-,8-2+;. The SMILES string of the molecule is CNc1cc(OCCc2cc(C(=O)O)c(NC)cc2F)c(F)cc1C(=O)O.N/C(C=O)=C\C=C(/N)n1ccnc1.N=c1ccc(C=O)nn1N. The zero-order valence-corrected chi connectivity index (χ0v) is 26.6. The number of anilines is 2. The number of aromatic nitrogens is 4. The second-order valence-electron chi connectivity index (χ2n) is 9.58. The largest absolute Gasteiger partial charge is 0.490 e. The van der Waals surface area contributed by atoms with E-state index in [1.54, 1.807) is 23.3 Å². The van der Waals surface area contributed by atoms with E-state index < -0.39 is 23.6 Å². The minimum absolute atomic E-state index is 0.00881. The van der Waals surface area contributed by atoms with Crippen LogP contribution in [0.5, 0.6) is 5.75 Å². The van der Waals surface area contributed by atoms with E-state index in [1.807, 2.05) is 0 Å². The van der Waals surface area contributed by atoms with E-state index in [0.29, 0.717) is 18.4 Å². The number of nitrogens with zero attached hydrogens (tertiary/aromatic N) is 4. The van der Waals surface area contributed by atoms with Gasteiger partial charge in [-0.05, 0) is 48.0 Å². The Bertz CT molecular complexity index is 1940. The molecule has 0 aliphatic heterocycles. The molecule has 4 aromatic rings. The Hall–Kier alpha value is -7.05. The van der Waals surface area contributed by atoms with Crippen molar-refractivity contribution in [1.29, 1.82) is 5.41 Å². The smallest absolute Gasteiger partial charge is 0.337 e. The van der Waals surface area contributed by atoms with Crippen molar-refractivity contribution in [2.45, 2.75) is 6.42 Å². The highest BCUT2D eigenvalue weighted by Gasteiger charge is 2.17. The summed E-state index contributed by atoms with van der Waals surface area (Å²) in [5, 5.41) is 34.0. The lowest BCUT2D eigenvalue weighted by molar-refractivity contribution is -0.105. The van der Waals surface area contributed by atoms with Gasteiger partial charge in [-0.3, -0.25) is 19.6 Å². The number of ether oxygens (including phenoxy) is 1. The lowest BCUT2D eigenvalue weighted by atomic mass is 10.1. The molecule has 50 heavy (non-hydrogen) atoms. The Morgan fingerprint density at radius 1 is 0.980 bits per heavy atom. The summed E-state index contributed by atoms with van der Waals surface area (Å²) in [6.45, 7) is -0.138. The fourth-order valence-corrected chi connectivity index (χ4v) is 3.75. The Labute approximate surface area is 282 Å². The van der Waals surface area contributed by atoms with Crippen LogP contribution in [0.15, 0.2) is 73.0 Å². The summed E-state index contributed by atoms with van der Waals surface area (Å²) in [6, 6.07) is 7.11. The number of halogens is 2. The lowest BCUT2D eigenvalue weighted by Gasteiger charge is -2.13. The van der Waals surface area contributed by atoms with E-state index in [0.717, 1.165) is 16.9 Å². The summed E-state index contributed by atoms with van der Waals surface area (Å²) >= 11 is 0. The molecule has 0 aliphatic rings. The van der Waals surface area contributed by atoms with E-state index in [9.17, 15) is 33.1 Å². The van der Waals surface area contributed by atoms with Crippen molar-refractivity contribution in [3.05, 3.63) is 112 Å². The van der Waals surface area contributed by atoms with Gasteiger partial charge in [0.15, 0.2) is 29.6 Å². The highest BCUT2D eigenvalue weighted by atomic mass is 19.1. The number of carboxylic acids is 2. The molecule has 11 N–H and O–H groups in total. The molecule has 0 bridgehead atoms. The van der Waals surface area contributed by atoms with Gasteiger partial charge < -0.3 is 42.9 Å². The fourth-order valence-electron chi connectivity index (χ4n) is 3.75. The Morgan fingerprint density at radius 3 is 2.16 bits per heavy atom. The average Bonchev–Trinajstić information content (AvgIpc) is 3.65. The van der Waals surface area contributed by atoms with Gasteiger partial charge in [0, 0.05) is 39.0 Å². The average molecular weight is 697 g/mol. The van der Waals surface area contributed by atoms with E-state index in [4.69, 9.17) is 32.6 Å². The monoisotopic (exact) mass is 696 g/mol. The molecule has 0 radical (unpaired) electrons. The normalized spacial score (nSPS) is 10.8. The highest BCUT2D eigenvalue weighted by Crippen LogP contribution is 2.27. The molecular weight excluding hydrogens is 662 g/mol. The molecule has 2 aromatic carbocycles. The van der Waals surface area contributed by atoms with E-state index in [2.05, 4.69) is 20.7 Å². The third-order valence-corrected chi connectivity index (χ3v) is 6.27. The van der Waals surface area contributed by atoms with Crippen molar-refractivity contribution in [2.75, 3.05) is 37.2 Å². The van der Waals surface area contributed by atoms with Crippen LogP contribution in [0.2, 0.25) is 0 Å². The summed E-state index contributed by atoms with van der Waals surface area (Å²) in [4.78, 5) is 47.2. The number of nitrogens with two attached hydrogens (primary N) is 3. The second-order valence-corrected chi connectivity index (χ2v) is 9.58. The van der Waals surface area contributed by atoms with Crippen molar-refractivity contribution in [3.8, 4) is 5.75 Å². The maximum absolute atomic E-state index is 14.1. The van der Waals surface area contributed by atoms with E-state index >= 15 is 0 Å². The Balaban J connectivity index is 0.000000309. The number of rotatable bonds is 12. The van der Waals surface area contributed by atoms with Gasteiger partial charge in [0.1, 0.15) is 23.7 Å². The van der Waals surface area contributed by atoms with Gasteiger partial charge in [0.05, 0.1) is 34.8 Å². The number of aldehydes is 2. The number of allylic oxidation sites excluding steroid dienone is 3. The lowest BCUT2D eigenvalue weighted by Crippen LogP contribution is -2.29. The fraction of sp³-hybridized carbons (Fsp3) is 0.129. The number of carboxylic acid groups (broad SMARTS) is 2. The predicted octanol–water partition coefficient (Wildman–Crippen LogP) is 1.64. The number of imidazole rings is 1. The number of nitrogens with one attached hydrogen (secondary N) is 3. The van der Waals surface area contributed by atoms with Crippen molar-refractivity contribution < 1.29 is 42.9 Å². The molecule has 0 saturated heterocycles. The Morgan fingerprint density at radius 2 is 1.62 bits per heavy atom. The van der Waals surface area contributed by atoms with E-state index in [-0.39, 0.29) is 63.7 Å². The van der Waals surface area contributed by atoms with Gasteiger partial charge in [-0.15, -0.1) is 5.10 Å². The quantitative estimate of drug-likeness (QED) is 0.0453. The minimum atomic E-state index is -1.29. The van der Waals surface area contributed by atoms with Gasteiger partial charge in [-0.25, -0.2) is 23.4 Å². The molecule has 2 aromatic heterocycles. The van der Waals surface area contributed by atoms with Crippen LogP contribution in [-0.2, 0) is 11.2 Å². The predicted molar refractivity (Wildman–Crippen MR) is 178 cm³/mol. The van der Waals surface area contributed by atoms with Crippen LogP contribution in [0.4, 0.5) is 20.2 Å². The topological polar surface area (TPSA) is 280 Å². The first-order valence-electron chi connectivity index (χ1n) is 14.1. The molecule has 0 fully saturated rings. The zero-order valence-electron chi connectivity index (χ0n) is 26.6. The first-order valence-corrected chi connectivity index (χ1v) is 14.1. The summed E-state index contributed by atoms with van der Waals surface area (Å²) in [6.07, 6.45) is 8.93. The van der Waals surface area contributed by atoms with Crippen LogP contribution < -0.4 is 38.2 Å². The highest BCUT2D eigenvalue weighted by molar-refractivity contribution is 5.95. The molecule has 2 heterocycles. The summed E-state index contributed by atoms with van der Waals surface area (Å²) in [5.74, 6) is 1.41. The molecule has 0 unspecified atom stereocenters. The molecular formula is C31H34F2N10O7. The number of hydrogen-bond acceptors (Lipinski definition) is 13. The van der Waals surface area contributed by atoms with Gasteiger partial charge in [0.2, 0.25) is 0 Å². The van der Waals surface area contributed by atoms with Crippen LogP contribution in [0.1, 0.15) is 36.8 Å². The summed E-state index contributed by atoms with van der Waals surface area (Å²) in [7, 11) is 2.96. The number of aromatic carboxylic acids is 2. The van der Waals surface area contributed by atoms with Crippen LogP contribution in [0.3, 0.4) is 0 Å². The third kappa shape index (κ3) is 11.3. The van der Waals surface area contributed by atoms with Crippen LogP contribution >= 0.6 is 0 Å². The molecule has 0 aliphatic carbocycles. The molecule has 0 amide bonds. The third-order valence-electron chi connectivity index (χ3n) is 6.27. The van der Waals surface area contributed by atoms with Gasteiger partial charge in [-0.1, -0.05) is 0 Å². The molecule has 4 rings (SSSR count). The van der Waals surface area contributed by atoms with Crippen molar-refractivity contribution in [2.24, 2.45) is 11.5 Å². The maximum atomic E-state index is 14.1. The van der Waals surface area contributed by atoms with Crippen LogP contribution in [0.25, 0.3) is 5.82 Å². The van der Waals surface area contributed by atoms with Crippen molar-refractivity contribution >= 4 is 41.7 Å². The maximum Gasteiger partial charge on any atom is 0.337 e. The van der Waals surface area contributed by atoms with Crippen molar-refractivity contribution in [1.82, 2.24) is 19.4 Å². The number of benzene rings is 2. The Kier molecular flexibility index (Phi) is 14.8. The van der Waals surface area contributed by atoms with Crippen LogP contribution in [0, 0.1) is 17.0 Å². The number of carbonyl (C=O) groups is 4. The number of hydrogen-bond donors (Lipinski definition) is 8. The second kappa shape index (κ2) is 18.9.